The lowest BCUT2D eigenvalue weighted by molar-refractivity contribution is -0.123. The van der Waals surface area contributed by atoms with E-state index < -0.39 is 0 Å². The van der Waals surface area contributed by atoms with Gasteiger partial charge in [-0.2, -0.15) is 0 Å². The van der Waals surface area contributed by atoms with Crippen LogP contribution in [-0.2, 0) is 9.59 Å². The van der Waals surface area contributed by atoms with Crippen LogP contribution in [0.5, 0.6) is 0 Å². The summed E-state index contributed by atoms with van der Waals surface area (Å²) in [6.07, 6.45) is 0. The minimum absolute atomic E-state index is 0.0306. The number of rotatable bonds is 4. The third-order valence-corrected chi connectivity index (χ3v) is 3.09. The van der Waals surface area contributed by atoms with Gasteiger partial charge in [-0.3, -0.25) is 9.59 Å². The molecule has 0 spiro atoms. The van der Waals surface area contributed by atoms with Crippen molar-refractivity contribution in [3.63, 3.8) is 0 Å². The number of hydrogen-bond donors (Lipinski definition) is 1. The van der Waals surface area contributed by atoms with E-state index in [9.17, 15) is 9.59 Å². The summed E-state index contributed by atoms with van der Waals surface area (Å²) >= 11 is 6.24. The van der Waals surface area contributed by atoms with Crippen LogP contribution in [0.15, 0.2) is 12.1 Å². The van der Waals surface area contributed by atoms with Crippen molar-refractivity contribution < 1.29 is 9.59 Å². The van der Waals surface area contributed by atoms with Crippen LogP contribution >= 0.6 is 11.6 Å². The molecule has 0 aliphatic carbocycles. The molecule has 5 heteroatoms. The Balaban J connectivity index is 3.10. The number of nitrogens with zero attached hydrogens (tertiary/aromatic N) is 1. The summed E-state index contributed by atoms with van der Waals surface area (Å²) in [5, 5.41) is 3.25. The third kappa shape index (κ3) is 4.23. The van der Waals surface area contributed by atoms with Crippen LogP contribution in [-0.4, -0.2) is 24.4 Å². The maximum atomic E-state index is 11.9. The zero-order chi connectivity index (χ0) is 15.4. The van der Waals surface area contributed by atoms with E-state index in [1.165, 1.54) is 11.8 Å². The first kappa shape index (κ1) is 16.5. The first-order valence-electron chi connectivity index (χ1n) is 6.56. The number of aryl methyl sites for hydroxylation is 2. The molecule has 1 rings (SSSR count). The van der Waals surface area contributed by atoms with Gasteiger partial charge in [0, 0.05) is 13.0 Å². The molecule has 0 aliphatic rings. The van der Waals surface area contributed by atoms with E-state index in [1.807, 2.05) is 33.8 Å². The Hall–Kier alpha value is -1.55. The Morgan fingerprint density at radius 1 is 1.30 bits per heavy atom. The summed E-state index contributed by atoms with van der Waals surface area (Å²) in [5.41, 5.74) is 2.50. The van der Waals surface area contributed by atoms with E-state index in [1.54, 1.807) is 6.07 Å². The lowest BCUT2D eigenvalue weighted by Gasteiger charge is -2.24. The molecule has 1 aromatic rings. The van der Waals surface area contributed by atoms with Gasteiger partial charge in [0.1, 0.15) is 6.54 Å². The van der Waals surface area contributed by atoms with Crippen molar-refractivity contribution in [2.24, 2.45) is 0 Å². The smallest absolute Gasteiger partial charge is 0.240 e. The molecule has 1 aromatic carbocycles. The van der Waals surface area contributed by atoms with Gasteiger partial charge in [-0.15, -0.1) is 0 Å². The first-order chi connectivity index (χ1) is 9.22. The Morgan fingerprint density at radius 2 is 1.90 bits per heavy atom. The van der Waals surface area contributed by atoms with Crippen LogP contribution in [0.3, 0.4) is 0 Å². The average Bonchev–Trinajstić information content (AvgIpc) is 2.24. The molecular weight excluding hydrogens is 276 g/mol. The van der Waals surface area contributed by atoms with E-state index in [4.69, 9.17) is 11.6 Å². The van der Waals surface area contributed by atoms with Gasteiger partial charge in [0.05, 0.1) is 10.7 Å². The van der Waals surface area contributed by atoms with Crippen LogP contribution in [0.4, 0.5) is 5.69 Å². The quantitative estimate of drug-likeness (QED) is 0.929. The molecule has 0 saturated heterocycles. The standard InChI is InChI=1S/C15H21ClN2O2/c1-9(2)17-14(20)8-18(12(5)19)15-11(4)6-10(3)7-13(15)16/h6-7,9H,8H2,1-5H3,(H,17,20). The number of anilines is 1. The summed E-state index contributed by atoms with van der Waals surface area (Å²) in [6.45, 7) is 8.96. The van der Waals surface area contributed by atoms with Crippen LogP contribution in [0, 0.1) is 13.8 Å². The molecule has 0 radical (unpaired) electrons. The number of carbonyl (C=O) groups is 2. The van der Waals surface area contributed by atoms with Crippen molar-refractivity contribution in [2.45, 2.75) is 40.7 Å². The molecule has 110 valence electrons. The van der Waals surface area contributed by atoms with Crippen LogP contribution in [0.25, 0.3) is 0 Å². The largest absolute Gasteiger partial charge is 0.352 e. The first-order valence-corrected chi connectivity index (χ1v) is 6.94. The molecule has 0 unspecified atom stereocenters. The van der Waals surface area contributed by atoms with E-state index in [-0.39, 0.29) is 24.4 Å². The molecule has 2 amide bonds. The van der Waals surface area contributed by atoms with Crippen molar-refractivity contribution in [1.29, 1.82) is 0 Å². The number of nitrogens with one attached hydrogen (secondary N) is 1. The molecule has 0 fully saturated rings. The van der Waals surface area contributed by atoms with Crippen LogP contribution in [0.1, 0.15) is 31.9 Å². The molecule has 0 aliphatic heterocycles. The molecule has 20 heavy (non-hydrogen) atoms. The maximum Gasteiger partial charge on any atom is 0.240 e. The lowest BCUT2D eigenvalue weighted by atomic mass is 10.1. The zero-order valence-corrected chi connectivity index (χ0v) is 13.3. The van der Waals surface area contributed by atoms with E-state index in [2.05, 4.69) is 5.32 Å². The summed E-state index contributed by atoms with van der Waals surface area (Å²) in [6, 6.07) is 3.77. The fourth-order valence-corrected chi connectivity index (χ4v) is 2.53. The topological polar surface area (TPSA) is 49.4 Å². The molecular formula is C15H21ClN2O2. The molecule has 1 N–H and O–H groups in total. The second-order valence-electron chi connectivity index (χ2n) is 5.24. The van der Waals surface area contributed by atoms with Gasteiger partial charge in [-0.05, 0) is 44.9 Å². The van der Waals surface area contributed by atoms with Crippen molar-refractivity contribution >= 4 is 29.1 Å². The van der Waals surface area contributed by atoms with Gasteiger partial charge in [-0.1, -0.05) is 17.7 Å². The fraction of sp³-hybridized carbons (Fsp3) is 0.467. The number of amides is 2. The summed E-state index contributed by atoms with van der Waals surface area (Å²) in [7, 11) is 0. The maximum absolute atomic E-state index is 11.9. The van der Waals surface area contributed by atoms with Gasteiger partial charge in [-0.25, -0.2) is 0 Å². The summed E-state index contributed by atoms with van der Waals surface area (Å²) in [5.74, 6) is -0.413. The van der Waals surface area contributed by atoms with Gasteiger partial charge >= 0.3 is 0 Å². The predicted octanol–water partition coefficient (Wildman–Crippen LogP) is 2.83. The predicted molar refractivity (Wildman–Crippen MR) is 82.2 cm³/mol. The highest BCUT2D eigenvalue weighted by Crippen LogP contribution is 2.31. The molecule has 0 heterocycles. The van der Waals surface area contributed by atoms with Crippen molar-refractivity contribution in [2.75, 3.05) is 11.4 Å². The Bertz CT molecular complexity index is 504. The minimum atomic E-state index is -0.210. The van der Waals surface area contributed by atoms with Gasteiger partial charge in [0.2, 0.25) is 11.8 Å². The van der Waals surface area contributed by atoms with Gasteiger partial charge < -0.3 is 10.2 Å². The van der Waals surface area contributed by atoms with Crippen LogP contribution in [0.2, 0.25) is 5.02 Å². The highest BCUT2D eigenvalue weighted by Gasteiger charge is 2.20. The second kappa shape index (κ2) is 6.75. The Kier molecular flexibility index (Phi) is 5.57. The number of benzene rings is 1. The molecule has 0 saturated carbocycles. The minimum Gasteiger partial charge on any atom is -0.352 e. The SMILES string of the molecule is CC(=O)N(CC(=O)NC(C)C)c1c(C)cc(C)cc1Cl. The molecule has 0 aromatic heterocycles. The average molecular weight is 297 g/mol. The van der Waals surface area contributed by atoms with Crippen molar-refractivity contribution in [1.82, 2.24) is 5.32 Å². The monoisotopic (exact) mass is 296 g/mol. The number of carbonyl (C=O) groups excluding carboxylic acids is 2. The molecule has 4 nitrogen and oxygen atoms in total. The van der Waals surface area contributed by atoms with E-state index in [0.717, 1.165) is 11.1 Å². The third-order valence-electron chi connectivity index (χ3n) is 2.80. The highest BCUT2D eigenvalue weighted by molar-refractivity contribution is 6.34. The fourth-order valence-electron chi connectivity index (χ4n) is 2.11. The summed E-state index contributed by atoms with van der Waals surface area (Å²) in [4.78, 5) is 25.1. The van der Waals surface area contributed by atoms with Gasteiger partial charge in [0.25, 0.3) is 0 Å². The van der Waals surface area contributed by atoms with E-state index in [0.29, 0.717) is 10.7 Å². The van der Waals surface area contributed by atoms with Crippen LogP contribution < -0.4 is 10.2 Å². The number of hydrogen-bond acceptors (Lipinski definition) is 2. The zero-order valence-electron chi connectivity index (χ0n) is 12.6. The van der Waals surface area contributed by atoms with Gasteiger partial charge in [0.15, 0.2) is 0 Å². The van der Waals surface area contributed by atoms with Crippen molar-refractivity contribution in [3.8, 4) is 0 Å². The lowest BCUT2D eigenvalue weighted by Crippen LogP contribution is -2.42. The molecule has 0 bridgehead atoms. The normalized spacial score (nSPS) is 10.6. The summed E-state index contributed by atoms with van der Waals surface area (Å²) < 4.78 is 0. The van der Waals surface area contributed by atoms with Crippen molar-refractivity contribution in [3.05, 3.63) is 28.3 Å². The Labute approximate surface area is 125 Å². The molecule has 0 atom stereocenters. The highest BCUT2D eigenvalue weighted by atomic mass is 35.5. The second-order valence-corrected chi connectivity index (χ2v) is 5.65. The van der Waals surface area contributed by atoms with E-state index >= 15 is 0 Å². The number of halogens is 1. The Morgan fingerprint density at radius 3 is 2.35 bits per heavy atom.